The number of allylic oxidation sites excluding steroid dienone is 1. The number of pyridine rings is 1. The zero-order valence-corrected chi connectivity index (χ0v) is 24.5. The largest absolute Gasteiger partial charge is 0.310 e. The zero-order chi connectivity index (χ0) is 29.3. The van der Waals surface area contributed by atoms with Crippen molar-refractivity contribution in [3.8, 4) is 10.4 Å². The van der Waals surface area contributed by atoms with Crippen LogP contribution in [0.15, 0.2) is 121 Å². The van der Waals surface area contributed by atoms with E-state index in [-0.39, 0.29) is 28.2 Å². The second-order valence-electron chi connectivity index (χ2n) is 11.6. The number of fused-ring (bicyclic) bond motifs is 5. The number of carbonyl (C=O) groups is 2. The molecule has 4 nitrogen and oxygen atoms in total. The fourth-order valence-corrected chi connectivity index (χ4v) is 7.74. The van der Waals surface area contributed by atoms with Crippen LogP contribution in [-0.4, -0.2) is 16.6 Å². The topological polar surface area (TPSA) is 50.3 Å². The van der Waals surface area contributed by atoms with Gasteiger partial charge in [0.1, 0.15) is 5.69 Å². The molecule has 2 aliphatic carbocycles. The molecular weight excluding hydrogens is 548 g/mol. The fourth-order valence-electron chi connectivity index (χ4n) is 6.44. The van der Waals surface area contributed by atoms with Crippen LogP contribution in [0.1, 0.15) is 50.7 Å². The van der Waals surface area contributed by atoms with Crippen LogP contribution < -0.4 is 4.90 Å². The Morgan fingerprint density at radius 1 is 0.674 bits per heavy atom. The van der Waals surface area contributed by atoms with Gasteiger partial charge in [-0.25, -0.2) is 0 Å². The van der Waals surface area contributed by atoms with Crippen molar-refractivity contribution >= 4 is 56.8 Å². The molecule has 0 spiro atoms. The highest BCUT2D eigenvalue weighted by molar-refractivity contribution is 7.16. The van der Waals surface area contributed by atoms with Gasteiger partial charge < -0.3 is 4.90 Å². The predicted molar refractivity (Wildman–Crippen MR) is 175 cm³/mol. The summed E-state index contributed by atoms with van der Waals surface area (Å²) in [6, 6.07) is 37.8. The van der Waals surface area contributed by atoms with E-state index < -0.39 is 0 Å². The number of para-hydroxylation sites is 1. The third-order valence-corrected chi connectivity index (χ3v) is 9.77. The molecule has 0 aliphatic heterocycles. The maximum atomic E-state index is 13.0. The van der Waals surface area contributed by atoms with E-state index in [1.54, 1.807) is 35.7 Å². The van der Waals surface area contributed by atoms with E-state index in [1.165, 1.54) is 32.3 Å². The van der Waals surface area contributed by atoms with Crippen LogP contribution in [0.25, 0.3) is 27.3 Å². The van der Waals surface area contributed by atoms with Gasteiger partial charge in [-0.3, -0.25) is 14.6 Å². The summed E-state index contributed by atoms with van der Waals surface area (Å²) < 4.78 is 0. The molecular formula is C38H26N2O2S. The monoisotopic (exact) mass is 574 g/mol. The molecule has 206 valence electrons. The van der Waals surface area contributed by atoms with E-state index >= 15 is 0 Å². The zero-order valence-electron chi connectivity index (χ0n) is 23.7. The van der Waals surface area contributed by atoms with Gasteiger partial charge in [0.05, 0.1) is 11.1 Å². The standard InChI is InChI=1S/C38H26N2O2S/c1-38(2)32-20-27(40(25-11-4-3-5-12-25)26-15-14-23-9-6-7-10-24(23)19-26)16-17-29(32)37-33(38)22-28(43-37)21-31-35(41)30-13-8-18-39-34(30)36(31)42/h3-22H,1-2H3/b31-21+. The molecule has 0 amide bonds. The molecule has 0 unspecified atom stereocenters. The van der Waals surface area contributed by atoms with Crippen molar-refractivity contribution in [3.05, 3.63) is 148 Å². The molecule has 2 aliphatic rings. The van der Waals surface area contributed by atoms with Crippen molar-refractivity contribution in [2.75, 3.05) is 4.90 Å². The third kappa shape index (κ3) is 3.93. The molecule has 0 radical (unpaired) electrons. The summed E-state index contributed by atoms with van der Waals surface area (Å²) in [5, 5.41) is 2.41. The highest BCUT2D eigenvalue weighted by Gasteiger charge is 2.39. The number of benzene rings is 4. The Labute approximate surface area is 253 Å². The average molecular weight is 575 g/mol. The molecule has 2 heterocycles. The van der Waals surface area contributed by atoms with Gasteiger partial charge in [0.15, 0.2) is 5.78 Å². The Morgan fingerprint density at radius 3 is 2.23 bits per heavy atom. The van der Waals surface area contributed by atoms with E-state index in [1.807, 2.05) is 6.07 Å². The molecule has 0 saturated heterocycles. The first-order valence-corrected chi connectivity index (χ1v) is 15.1. The smallest absolute Gasteiger partial charge is 0.216 e. The third-order valence-electron chi connectivity index (χ3n) is 8.65. The minimum absolute atomic E-state index is 0.191. The number of thiophene rings is 1. The van der Waals surface area contributed by atoms with Gasteiger partial charge in [-0.1, -0.05) is 68.4 Å². The first kappa shape index (κ1) is 25.6. The molecule has 8 rings (SSSR count). The summed E-state index contributed by atoms with van der Waals surface area (Å²) in [5.41, 5.74) is 7.52. The fraction of sp³-hybridized carbons (Fsp3) is 0.0789. The molecule has 0 atom stereocenters. The molecule has 43 heavy (non-hydrogen) atoms. The lowest BCUT2D eigenvalue weighted by molar-refractivity contribution is 0.0989. The molecule has 0 N–H and O–H groups in total. The Hall–Kier alpha value is -5.13. The number of ketones is 2. The number of anilines is 3. The van der Waals surface area contributed by atoms with Crippen LogP contribution >= 0.6 is 11.3 Å². The quantitative estimate of drug-likeness (QED) is 0.155. The van der Waals surface area contributed by atoms with Crippen LogP contribution in [0.3, 0.4) is 0 Å². The molecule has 0 fully saturated rings. The highest BCUT2D eigenvalue weighted by Crippen LogP contribution is 2.54. The molecule has 4 aromatic carbocycles. The van der Waals surface area contributed by atoms with Crippen LogP contribution in [-0.2, 0) is 5.41 Å². The van der Waals surface area contributed by atoms with E-state index in [0.717, 1.165) is 21.9 Å². The Balaban J connectivity index is 1.21. The van der Waals surface area contributed by atoms with Gasteiger partial charge in [-0.15, -0.1) is 11.3 Å². The number of rotatable bonds is 4. The Morgan fingerprint density at radius 2 is 1.42 bits per heavy atom. The molecule has 2 aromatic heterocycles. The van der Waals surface area contributed by atoms with Crippen LogP contribution in [0.2, 0.25) is 0 Å². The van der Waals surface area contributed by atoms with Crippen molar-refractivity contribution in [3.63, 3.8) is 0 Å². The number of hydrogen-bond donors (Lipinski definition) is 0. The summed E-state index contributed by atoms with van der Waals surface area (Å²) in [7, 11) is 0. The minimum atomic E-state index is -0.298. The normalized spacial score (nSPS) is 15.5. The van der Waals surface area contributed by atoms with Crippen LogP contribution in [0.4, 0.5) is 17.1 Å². The second-order valence-corrected chi connectivity index (χ2v) is 12.6. The highest BCUT2D eigenvalue weighted by atomic mass is 32.1. The second kappa shape index (κ2) is 9.45. The Kier molecular flexibility index (Phi) is 5.62. The lowest BCUT2D eigenvalue weighted by Gasteiger charge is -2.28. The van der Waals surface area contributed by atoms with Crippen molar-refractivity contribution in [1.29, 1.82) is 0 Å². The summed E-state index contributed by atoms with van der Waals surface area (Å²) >= 11 is 1.63. The SMILES string of the molecule is CC1(C)c2cc(N(c3ccccc3)c3ccc4ccccc4c3)ccc2-c2sc(/C=C3\C(=O)c4cccnc4C3=O)cc21. The van der Waals surface area contributed by atoms with Crippen molar-refractivity contribution in [1.82, 2.24) is 4.98 Å². The number of hydrogen-bond acceptors (Lipinski definition) is 5. The number of aromatic nitrogens is 1. The van der Waals surface area contributed by atoms with Crippen LogP contribution in [0, 0.1) is 0 Å². The van der Waals surface area contributed by atoms with Gasteiger partial charge in [0.2, 0.25) is 5.78 Å². The maximum Gasteiger partial charge on any atom is 0.216 e. The van der Waals surface area contributed by atoms with Gasteiger partial charge in [-0.2, -0.15) is 0 Å². The van der Waals surface area contributed by atoms with Gasteiger partial charge in [-0.05, 0) is 88.1 Å². The summed E-state index contributed by atoms with van der Waals surface area (Å²) in [6.45, 7) is 4.50. The number of nitrogens with zero attached hydrogens (tertiary/aromatic N) is 2. The summed E-state index contributed by atoms with van der Waals surface area (Å²) in [6.07, 6.45) is 3.30. The van der Waals surface area contributed by atoms with E-state index in [2.05, 4.69) is 115 Å². The van der Waals surface area contributed by atoms with Gasteiger partial charge in [0, 0.05) is 38.4 Å². The first-order chi connectivity index (χ1) is 20.9. The summed E-state index contributed by atoms with van der Waals surface area (Å²) in [5.74, 6) is -0.547. The predicted octanol–water partition coefficient (Wildman–Crippen LogP) is 9.53. The Bertz CT molecular complexity index is 2120. The molecule has 5 heteroatoms. The minimum Gasteiger partial charge on any atom is -0.310 e. The van der Waals surface area contributed by atoms with E-state index in [9.17, 15) is 9.59 Å². The van der Waals surface area contributed by atoms with Crippen molar-refractivity contribution in [2.24, 2.45) is 0 Å². The van der Waals surface area contributed by atoms with Crippen molar-refractivity contribution < 1.29 is 9.59 Å². The molecule has 0 bridgehead atoms. The maximum absolute atomic E-state index is 13.0. The van der Waals surface area contributed by atoms with Crippen molar-refractivity contribution in [2.45, 2.75) is 19.3 Å². The van der Waals surface area contributed by atoms with Crippen LogP contribution in [0.5, 0.6) is 0 Å². The molecule has 6 aromatic rings. The summed E-state index contributed by atoms with van der Waals surface area (Å²) in [4.78, 5) is 34.5. The molecule has 0 saturated carbocycles. The number of Topliss-reactive ketones (excluding diaryl/α,β-unsaturated/α-hetero) is 2. The number of carbonyl (C=O) groups excluding carboxylic acids is 2. The van der Waals surface area contributed by atoms with Gasteiger partial charge in [0.25, 0.3) is 0 Å². The average Bonchev–Trinajstić information content (AvgIpc) is 3.63. The lowest BCUT2D eigenvalue weighted by Crippen LogP contribution is -2.16. The van der Waals surface area contributed by atoms with E-state index in [4.69, 9.17) is 0 Å². The first-order valence-electron chi connectivity index (χ1n) is 14.3. The lowest BCUT2D eigenvalue weighted by atomic mass is 9.82. The van der Waals surface area contributed by atoms with Gasteiger partial charge >= 0.3 is 0 Å². The van der Waals surface area contributed by atoms with E-state index in [0.29, 0.717) is 5.56 Å².